The third-order valence-electron chi connectivity index (χ3n) is 2.90. The number of hydrogen-bond donors (Lipinski definition) is 3. The summed E-state index contributed by atoms with van der Waals surface area (Å²) in [5.74, 6) is -4.16. The van der Waals surface area contributed by atoms with Gasteiger partial charge in [-0.05, 0) is 18.2 Å². The zero-order valence-corrected chi connectivity index (χ0v) is 14.0. The number of azo groups is 1. The van der Waals surface area contributed by atoms with E-state index in [1.165, 1.54) is 24.3 Å². The maximum absolute atomic E-state index is 11.3. The Balaban J connectivity index is 2.45. The molecule has 0 aliphatic heterocycles. The van der Waals surface area contributed by atoms with Gasteiger partial charge < -0.3 is 19.5 Å². The summed E-state index contributed by atoms with van der Waals surface area (Å²) >= 11 is 0. The largest absolute Gasteiger partial charge is 0.507 e. The third-order valence-corrected chi connectivity index (χ3v) is 3.38. The third kappa shape index (κ3) is 4.77. The van der Waals surface area contributed by atoms with E-state index < -0.39 is 39.1 Å². The summed E-state index contributed by atoms with van der Waals surface area (Å²) in [5.41, 5.74) is -0.696. The minimum atomic E-state index is -4.06. The highest BCUT2D eigenvalue weighted by Gasteiger charge is 2.21. The van der Waals surface area contributed by atoms with E-state index in [-0.39, 0.29) is 16.9 Å². The molecule has 0 radical (unpaired) electrons. The highest BCUT2D eigenvalue weighted by Crippen LogP contribution is 2.35. The standard InChI is InChI=1S/C15H12N2O8S/c1-26(23,24)25-12-7-10(6-11(18)13(12)15(21)22)17-16-9-4-2-3-8(5-9)14(19)20/h2-7,18H,1H3,(H,19,20)(H,21,22). The molecule has 0 bridgehead atoms. The van der Waals surface area contributed by atoms with E-state index in [2.05, 4.69) is 14.4 Å². The summed E-state index contributed by atoms with van der Waals surface area (Å²) < 4.78 is 27.1. The average Bonchev–Trinajstić information content (AvgIpc) is 2.50. The summed E-state index contributed by atoms with van der Waals surface area (Å²) in [6, 6.07) is 7.42. The molecule has 0 aromatic heterocycles. The van der Waals surface area contributed by atoms with Crippen LogP contribution in [0.2, 0.25) is 0 Å². The van der Waals surface area contributed by atoms with Crippen molar-refractivity contribution in [1.29, 1.82) is 0 Å². The van der Waals surface area contributed by atoms with Crippen LogP contribution in [0.1, 0.15) is 20.7 Å². The van der Waals surface area contributed by atoms with Crippen molar-refractivity contribution in [3.05, 3.63) is 47.5 Å². The van der Waals surface area contributed by atoms with Crippen LogP contribution in [0.5, 0.6) is 11.5 Å². The summed E-state index contributed by atoms with van der Waals surface area (Å²) in [6.45, 7) is 0. The van der Waals surface area contributed by atoms with Gasteiger partial charge in [0.05, 0.1) is 23.2 Å². The second-order valence-corrected chi connectivity index (χ2v) is 6.56. The molecule has 2 aromatic carbocycles. The van der Waals surface area contributed by atoms with Crippen LogP contribution in [0.15, 0.2) is 46.6 Å². The van der Waals surface area contributed by atoms with Crippen molar-refractivity contribution >= 4 is 33.4 Å². The Morgan fingerprint density at radius 1 is 1.00 bits per heavy atom. The zero-order chi connectivity index (χ0) is 19.5. The zero-order valence-electron chi connectivity index (χ0n) is 13.1. The number of phenols is 1. The number of hydrogen-bond acceptors (Lipinski definition) is 8. The molecule has 10 nitrogen and oxygen atoms in total. The Morgan fingerprint density at radius 2 is 1.65 bits per heavy atom. The monoisotopic (exact) mass is 380 g/mol. The lowest BCUT2D eigenvalue weighted by Gasteiger charge is -2.09. The van der Waals surface area contributed by atoms with Gasteiger partial charge in [0.15, 0.2) is 5.75 Å². The molecule has 11 heteroatoms. The lowest BCUT2D eigenvalue weighted by molar-refractivity contribution is 0.0683. The maximum atomic E-state index is 11.3. The molecule has 0 amide bonds. The number of rotatable bonds is 6. The summed E-state index contributed by atoms with van der Waals surface area (Å²) in [4.78, 5) is 22.1. The first-order valence-electron chi connectivity index (χ1n) is 6.81. The second-order valence-electron chi connectivity index (χ2n) is 4.99. The highest BCUT2D eigenvalue weighted by atomic mass is 32.2. The van der Waals surface area contributed by atoms with Crippen LogP contribution in [0.4, 0.5) is 11.4 Å². The van der Waals surface area contributed by atoms with Crippen LogP contribution >= 0.6 is 0 Å². The van der Waals surface area contributed by atoms with Gasteiger partial charge in [0.25, 0.3) is 0 Å². The van der Waals surface area contributed by atoms with Crippen molar-refractivity contribution in [3.8, 4) is 11.5 Å². The van der Waals surface area contributed by atoms with Gasteiger partial charge >= 0.3 is 22.1 Å². The Labute approximate surface area is 147 Å². The van der Waals surface area contributed by atoms with Crippen molar-refractivity contribution < 1.29 is 37.5 Å². The Hall–Kier alpha value is -3.47. The van der Waals surface area contributed by atoms with Gasteiger partial charge in [-0.15, -0.1) is 0 Å². The van der Waals surface area contributed by atoms with Crippen molar-refractivity contribution in [3.63, 3.8) is 0 Å². The number of carboxylic acids is 2. The minimum absolute atomic E-state index is 0.0216. The average molecular weight is 380 g/mol. The first-order chi connectivity index (χ1) is 12.1. The number of nitrogens with zero attached hydrogens (tertiary/aromatic N) is 2. The molecule has 0 saturated heterocycles. The van der Waals surface area contributed by atoms with Crippen molar-refractivity contribution in [2.24, 2.45) is 10.2 Å². The minimum Gasteiger partial charge on any atom is -0.507 e. The number of carbonyl (C=O) groups is 2. The fourth-order valence-electron chi connectivity index (χ4n) is 1.90. The molecule has 0 saturated carbocycles. The van der Waals surface area contributed by atoms with Crippen LogP contribution in [-0.4, -0.2) is 41.9 Å². The molecule has 136 valence electrons. The molecule has 0 aliphatic rings. The fraction of sp³-hybridized carbons (Fsp3) is 0.0667. The van der Waals surface area contributed by atoms with Crippen LogP contribution in [-0.2, 0) is 10.1 Å². The summed E-state index contributed by atoms with van der Waals surface area (Å²) in [5, 5.41) is 35.3. The van der Waals surface area contributed by atoms with E-state index >= 15 is 0 Å². The van der Waals surface area contributed by atoms with E-state index in [9.17, 15) is 23.1 Å². The molecule has 3 N–H and O–H groups in total. The van der Waals surface area contributed by atoms with Gasteiger partial charge in [0, 0.05) is 12.1 Å². The first-order valence-corrected chi connectivity index (χ1v) is 8.63. The summed E-state index contributed by atoms with van der Waals surface area (Å²) in [6.07, 6.45) is 0.710. The predicted octanol–water partition coefficient (Wildman–Crippen LogP) is 2.54. The van der Waals surface area contributed by atoms with Crippen LogP contribution in [0, 0.1) is 0 Å². The quantitative estimate of drug-likeness (QED) is 0.508. The maximum Gasteiger partial charge on any atom is 0.343 e. The van der Waals surface area contributed by atoms with Gasteiger partial charge in [-0.25, -0.2) is 9.59 Å². The second kappa shape index (κ2) is 7.19. The van der Waals surface area contributed by atoms with Crippen LogP contribution in [0.25, 0.3) is 0 Å². The van der Waals surface area contributed by atoms with Gasteiger partial charge in [-0.2, -0.15) is 18.6 Å². The predicted molar refractivity (Wildman–Crippen MR) is 88.1 cm³/mol. The molecular formula is C15H12N2O8S. The summed E-state index contributed by atoms with van der Waals surface area (Å²) in [7, 11) is -4.06. The Kier molecular flexibility index (Phi) is 5.22. The Bertz CT molecular complexity index is 1010. The topological polar surface area (TPSA) is 163 Å². The lowest BCUT2D eigenvalue weighted by Crippen LogP contribution is -2.10. The van der Waals surface area contributed by atoms with Gasteiger partial charge in [-0.3, -0.25) is 0 Å². The number of carboxylic acid groups (broad SMARTS) is 2. The van der Waals surface area contributed by atoms with Gasteiger partial charge in [-0.1, -0.05) is 6.07 Å². The van der Waals surface area contributed by atoms with Crippen molar-refractivity contribution in [1.82, 2.24) is 0 Å². The molecule has 0 fully saturated rings. The van der Waals surface area contributed by atoms with Gasteiger partial charge in [0.1, 0.15) is 11.3 Å². The smallest absolute Gasteiger partial charge is 0.343 e. The molecule has 26 heavy (non-hydrogen) atoms. The van der Waals surface area contributed by atoms with Gasteiger partial charge in [0.2, 0.25) is 0 Å². The van der Waals surface area contributed by atoms with E-state index in [1.807, 2.05) is 0 Å². The lowest BCUT2D eigenvalue weighted by atomic mass is 10.1. The highest BCUT2D eigenvalue weighted by molar-refractivity contribution is 7.86. The molecular weight excluding hydrogens is 368 g/mol. The molecule has 0 atom stereocenters. The molecule has 0 heterocycles. The Morgan fingerprint density at radius 3 is 2.23 bits per heavy atom. The van der Waals surface area contributed by atoms with E-state index in [0.717, 1.165) is 12.1 Å². The number of aromatic carboxylic acids is 2. The van der Waals surface area contributed by atoms with E-state index in [4.69, 9.17) is 10.2 Å². The molecule has 0 spiro atoms. The SMILES string of the molecule is CS(=O)(=O)Oc1cc(N=Nc2cccc(C(=O)O)c2)cc(O)c1C(=O)O. The molecule has 0 unspecified atom stereocenters. The molecule has 2 aromatic rings. The van der Waals surface area contributed by atoms with E-state index in [1.54, 1.807) is 0 Å². The molecule has 0 aliphatic carbocycles. The first kappa shape index (κ1) is 18.9. The van der Waals surface area contributed by atoms with Crippen molar-refractivity contribution in [2.45, 2.75) is 0 Å². The van der Waals surface area contributed by atoms with Crippen LogP contribution in [0.3, 0.4) is 0 Å². The van der Waals surface area contributed by atoms with Crippen molar-refractivity contribution in [2.75, 3.05) is 6.26 Å². The normalized spacial score (nSPS) is 11.4. The van der Waals surface area contributed by atoms with Crippen LogP contribution < -0.4 is 4.18 Å². The number of aromatic hydroxyl groups is 1. The number of benzene rings is 2. The fourth-order valence-corrected chi connectivity index (χ4v) is 2.36. The molecule has 2 rings (SSSR count). The van der Waals surface area contributed by atoms with E-state index in [0.29, 0.717) is 6.26 Å².